The number of nitrogens with zero attached hydrogens (tertiary/aromatic N) is 1. The fourth-order valence-corrected chi connectivity index (χ4v) is 1.32. The summed E-state index contributed by atoms with van der Waals surface area (Å²) in [7, 11) is 1.34. The van der Waals surface area contributed by atoms with Gasteiger partial charge in [-0.25, -0.2) is 4.79 Å². The highest BCUT2D eigenvalue weighted by Gasteiger charge is 2.26. The average molecular weight is 239 g/mol. The van der Waals surface area contributed by atoms with Gasteiger partial charge < -0.3 is 9.47 Å². The molecule has 1 aromatic carbocycles. The first kappa shape index (κ1) is 13.0. The SMILES string of the molecule is COc1cccc([N+](=O)[O-])c1C(=O)OC(C)C. The van der Waals surface area contributed by atoms with Gasteiger partial charge in [0.1, 0.15) is 5.75 Å². The third-order valence-corrected chi connectivity index (χ3v) is 1.97. The summed E-state index contributed by atoms with van der Waals surface area (Å²) in [6.07, 6.45) is -0.355. The van der Waals surface area contributed by atoms with Crippen molar-refractivity contribution in [2.24, 2.45) is 0 Å². The molecule has 0 amide bonds. The van der Waals surface area contributed by atoms with E-state index in [-0.39, 0.29) is 23.1 Å². The van der Waals surface area contributed by atoms with Crippen LogP contribution in [0.3, 0.4) is 0 Å². The smallest absolute Gasteiger partial charge is 0.349 e. The molecule has 0 saturated carbocycles. The van der Waals surface area contributed by atoms with Gasteiger partial charge in [-0.05, 0) is 19.9 Å². The minimum absolute atomic E-state index is 0.129. The van der Waals surface area contributed by atoms with Gasteiger partial charge in [-0.15, -0.1) is 0 Å². The van der Waals surface area contributed by atoms with Gasteiger partial charge in [0, 0.05) is 6.07 Å². The van der Waals surface area contributed by atoms with Crippen molar-refractivity contribution in [3.63, 3.8) is 0 Å². The van der Waals surface area contributed by atoms with Crippen LogP contribution in [0.25, 0.3) is 0 Å². The van der Waals surface area contributed by atoms with Crippen molar-refractivity contribution >= 4 is 11.7 Å². The highest BCUT2D eigenvalue weighted by Crippen LogP contribution is 2.29. The van der Waals surface area contributed by atoms with Gasteiger partial charge in [0.05, 0.1) is 18.1 Å². The number of carbonyl (C=O) groups excluding carboxylic acids is 1. The van der Waals surface area contributed by atoms with Crippen molar-refractivity contribution in [2.75, 3.05) is 7.11 Å². The molecular formula is C11H13NO5. The Kier molecular flexibility index (Phi) is 4.03. The van der Waals surface area contributed by atoms with E-state index in [0.717, 1.165) is 0 Å². The van der Waals surface area contributed by atoms with Crippen LogP contribution in [-0.4, -0.2) is 24.1 Å². The number of benzene rings is 1. The molecule has 0 atom stereocenters. The second kappa shape index (κ2) is 5.29. The van der Waals surface area contributed by atoms with Crippen molar-refractivity contribution in [2.45, 2.75) is 20.0 Å². The van der Waals surface area contributed by atoms with E-state index >= 15 is 0 Å². The summed E-state index contributed by atoms with van der Waals surface area (Å²) >= 11 is 0. The zero-order valence-electron chi connectivity index (χ0n) is 9.80. The van der Waals surface area contributed by atoms with E-state index in [4.69, 9.17) is 9.47 Å². The summed E-state index contributed by atoms with van der Waals surface area (Å²) in [6, 6.07) is 4.16. The molecule has 92 valence electrons. The first-order valence-electron chi connectivity index (χ1n) is 4.99. The fourth-order valence-electron chi connectivity index (χ4n) is 1.32. The number of ether oxygens (including phenoxy) is 2. The molecule has 0 unspecified atom stereocenters. The molecule has 0 radical (unpaired) electrons. The van der Waals surface area contributed by atoms with Crippen LogP contribution in [0.2, 0.25) is 0 Å². The zero-order chi connectivity index (χ0) is 13.0. The molecule has 0 saturated heterocycles. The molecule has 0 aliphatic carbocycles. The molecule has 0 aliphatic heterocycles. The van der Waals surface area contributed by atoms with E-state index in [0.29, 0.717) is 0 Å². The van der Waals surface area contributed by atoms with Crippen LogP contribution in [0.15, 0.2) is 18.2 Å². The van der Waals surface area contributed by atoms with E-state index < -0.39 is 10.9 Å². The second-order valence-corrected chi connectivity index (χ2v) is 3.57. The lowest BCUT2D eigenvalue weighted by Gasteiger charge is -2.10. The molecule has 0 heterocycles. The molecule has 17 heavy (non-hydrogen) atoms. The quantitative estimate of drug-likeness (QED) is 0.457. The molecule has 0 aliphatic rings. The van der Waals surface area contributed by atoms with Crippen molar-refractivity contribution in [3.8, 4) is 5.75 Å². The lowest BCUT2D eigenvalue weighted by molar-refractivity contribution is -0.385. The number of nitro groups is 1. The Morgan fingerprint density at radius 2 is 2.06 bits per heavy atom. The number of nitro benzene ring substituents is 1. The maximum Gasteiger partial charge on any atom is 0.349 e. The maximum atomic E-state index is 11.8. The van der Waals surface area contributed by atoms with Crippen LogP contribution in [0.1, 0.15) is 24.2 Å². The third-order valence-electron chi connectivity index (χ3n) is 1.97. The van der Waals surface area contributed by atoms with Crippen LogP contribution < -0.4 is 4.74 Å². The minimum atomic E-state index is -0.760. The molecule has 0 bridgehead atoms. The van der Waals surface area contributed by atoms with Crippen LogP contribution in [-0.2, 0) is 4.74 Å². The zero-order valence-corrected chi connectivity index (χ0v) is 9.80. The highest BCUT2D eigenvalue weighted by atomic mass is 16.6. The summed E-state index contributed by atoms with van der Waals surface area (Å²) in [4.78, 5) is 21.9. The van der Waals surface area contributed by atoms with Crippen molar-refractivity contribution < 1.29 is 19.2 Å². The van der Waals surface area contributed by atoms with Crippen molar-refractivity contribution in [1.82, 2.24) is 0 Å². The lowest BCUT2D eigenvalue weighted by Crippen LogP contribution is -2.14. The number of methoxy groups -OCH3 is 1. The van der Waals surface area contributed by atoms with E-state index in [1.807, 2.05) is 0 Å². The van der Waals surface area contributed by atoms with E-state index in [9.17, 15) is 14.9 Å². The molecule has 1 rings (SSSR count). The predicted octanol–water partition coefficient (Wildman–Crippen LogP) is 2.17. The average Bonchev–Trinajstić information content (AvgIpc) is 2.26. The predicted molar refractivity (Wildman–Crippen MR) is 60.2 cm³/mol. The summed E-state index contributed by atoms with van der Waals surface area (Å²) in [5.74, 6) is -0.631. The molecule has 6 nitrogen and oxygen atoms in total. The molecule has 1 aromatic rings. The Hall–Kier alpha value is -2.11. The first-order valence-corrected chi connectivity index (χ1v) is 4.99. The summed E-state index contributed by atoms with van der Waals surface area (Å²) in [5.41, 5.74) is -0.483. The van der Waals surface area contributed by atoms with Gasteiger partial charge in [-0.1, -0.05) is 6.07 Å². The Balaban J connectivity index is 3.26. The topological polar surface area (TPSA) is 78.7 Å². The van der Waals surface area contributed by atoms with Crippen LogP contribution in [0.4, 0.5) is 5.69 Å². The van der Waals surface area contributed by atoms with Gasteiger partial charge in [-0.2, -0.15) is 0 Å². The molecule has 0 fully saturated rings. The second-order valence-electron chi connectivity index (χ2n) is 3.57. The van der Waals surface area contributed by atoms with E-state index in [2.05, 4.69) is 0 Å². The van der Waals surface area contributed by atoms with Crippen LogP contribution in [0, 0.1) is 10.1 Å². The van der Waals surface area contributed by atoms with Gasteiger partial charge in [-0.3, -0.25) is 10.1 Å². The standard InChI is InChI=1S/C11H13NO5/c1-7(2)17-11(13)10-8(12(14)15)5-4-6-9(10)16-3/h4-7H,1-3H3. The lowest BCUT2D eigenvalue weighted by atomic mass is 10.1. The molecule has 0 aromatic heterocycles. The van der Waals surface area contributed by atoms with E-state index in [1.54, 1.807) is 13.8 Å². The van der Waals surface area contributed by atoms with Crippen molar-refractivity contribution in [3.05, 3.63) is 33.9 Å². The molecular weight excluding hydrogens is 226 g/mol. The van der Waals surface area contributed by atoms with Gasteiger partial charge >= 0.3 is 5.97 Å². The number of esters is 1. The summed E-state index contributed by atoms with van der Waals surface area (Å²) in [6.45, 7) is 3.33. The Morgan fingerprint density at radius 1 is 1.41 bits per heavy atom. The summed E-state index contributed by atoms with van der Waals surface area (Å²) in [5, 5.41) is 10.8. The highest BCUT2D eigenvalue weighted by molar-refractivity contribution is 5.97. The Labute approximate surface area is 98.3 Å². The third kappa shape index (κ3) is 2.93. The molecule has 6 heteroatoms. The summed E-state index contributed by atoms with van der Waals surface area (Å²) < 4.78 is 9.88. The number of hydrogen-bond acceptors (Lipinski definition) is 5. The number of hydrogen-bond donors (Lipinski definition) is 0. The first-order chi connectivity index (χ1) is 7.97. The van der Waals surface area contributed by atoms with Crippen molar-refractivity contribution in [1.29, 1.82) is 0 Å². The number of carbonyl (C=O) groups is 1. The largest absolute Gasteiger partial charge is 0.496 e. The minimum Gasteiger partial charge on any atom is -0.496 e. The monoisotopic (exact) mass is 239 g/mol. The molecule has 0 spiro atoms. The van der Waals surface area contributed by atoms with Crippen LogP contribution in [0.5, 0.6) is 5.75 Å². The van der Waals surface area contributed by atoms with Gasteiger partial charge in [0.15, 0.2) is 5.56 Å². The fraction of sp³-hybridized carbons (Fsp3) is 0.364. The molecule has 0 N–H and O–H groups in total. The Bertz CT molecular complexity index is 441. The van der Waals surface area contributed by atoms with Gasteiger partial charge in [0.2, 0.25) is 0 Å². The maximum absolute atomic E-state index is 11.8. The van der Waals surface area contributed by atoms with Crippen LogP contribution >= 0.6 is 0 Å². The normalized spacial score (nSPS) is 10.1. The number of rotatable bonds is 4. The Morgan fingerprint density at radius 3 is 2.53 bits per heavy atom. The van der Waals surface area contributed by atoms with E-state index in [1.165, 1.54) is 25.3 Å². The van der Waals surface area contributed by atoms with Gasteiger partial charge in [0.25, 0.3) is 5.69 Å².